The van der Waals surface area contributed by atoms with Crippen LogP contribution in [0.25, 0.3) is 10.8 Å². The third-order valence-corrected chi connectivity index (χ3v) is 9.02. The summed E-state index contributed by atoms with van der Waals surface area (Å²) in [7, 11) is -3.64. The van der Waals surface area contributed by atoms with Crippen LogP contribution in [0, 0.1) is 0 Å². The van der Waals surface area contributed by atoms with Gasteiger partial charge in [-0.25, -0.2) is 13.2 Å². The molecule has 0 aromatic heterocycles. The lowest BCUT2D eigenvalue weighted by atomic mass is 9.91. The molecule has 0 bridgehead atoms. The maximum absolute atomic E-state index is 13.4. The largest absolute Gasteiger partial charge is 0.462 e. The van der Waals surface area contributed by atoms with Gasteiger partial charge in [0, 0.05) is 12.1 Å². The molecule has 0 heterocycles. The summed E-state index contributed by atoms with van der Waals surface area (Å²) in [6.45, 7) is 2.01. The van der Waals surface area contributed by atoms with Gasteiger partial charge in [0.15, 0.2) is 9.84 Å². The van der Waals surface area contributed by atoms with Crippen LogP contribution in [0.2, 0.25) is 0 Å². The Hall–Kier alpha value is -4.95. The summed E-state index contributed by atoms with van der Waals surface area (Å²) < 4.78 is 37.6. The minimum absolute atomic E-state index is 0.0807. The van der Waals surface area contributed by atoms with Crippen LogP contribution < -0.4 is 10.1 Å². The number of ether oxygens (including phenoxy) is 2. The van der Waals surface area contributed by atoms with Crippen molar-refractivity contribution in [2.75, 3.05) is 17.7 Å². The number of hydrogen-bond acceptors (Lipinski definition) is 6. The zero-order chi connectivity index (χ0) is 30.9. The van der Waals surface area contributed by atoms with Gasteiger partial charge < -0.3 is 14.8 Å². The molecule has 1 N–H and O–H groups in total. The SMILES string of the molecule is CCOC(=O)c1ccc(NC(=O)CC(CCS(=O)(=O)c2ccc(Oc3ccccc3)cc2)c2ccc3ccccc3c2)cc1. The van der Waals surface area contributed by atoms with Crippen molar-refractivity contribution in [1.82, 2.24) is 0 Å². The molecule has 5 aromatic rings. The van der Waals surface area contributed by atoms with E-state index in [0.29, 0.717) is 22.7 Å². The zero-order valence-corrected chi connectivity index (χ0v) is 25.1. The maximum atomic E-state index is 13.4. The molecule has 8 heteroatoms. The van der Waals surface area contributed by atoms with Crippen LogP contribution >= 0.6 is 0 Å². The second-order valence-electron chi connectivity index (χ2n) is 10.3. The predicted molar refractivity (Wildman–Crippen MR) is 172 cm³/mol. The Labute approximate surface area is 257 Å². The summed E-state index contributed by atoms with van der Waals surface area (Å²) >= 11 is 0. The van der Waals surface area contributed by atoms with Crippen molar-refractivity contribution in [3.63, 3.8) is 0 Å². The van der Waals surface area contributed by atoms with Gasteiger partial charge in [0.1, 0.15) is 11.5 Å². The number of rotatable bonds is 12. The second kappa shape index (κ2) is 14.0. The van der Waals surface area contributed by atoms with Crippen molar-refractivity contribution in [3.05, 3.63) is 132 Å². The maximum Gasteiger partial charge on any atom is 0.338 e. The third-order valence-electron chi connectivity index (χ3n) is 7.25. The highest BCUT2D eigenvalue weighted by atomic mass is 32.2. The van der Waals surface area contributed by atoms with Crippen LogP contribution in [0.15, 0.2) is 126 Å². The van der Waals surface area contributed by atoms with Crippen molar-refractivity contribution in [1.29, 1.82) is 0 Å². The first-order valence-corrected chi connectivity index (χ1v) is 16.1. The van der Waals surface area contributed by atoms with E-state index in [1.165, 1.54) is 0 Å². The fourth-order valence-corrected chi connectivity index (χ4v) is 6.32. The van der Waals surface area contributed by atoms with Gasteiger partial charge in [-0.15, -0.1) is 0 Å². The van der Waals surface area contributed by atoms with Gasteiger partial charge in [-0.2, -0.15) is 0 Å². The minimum atomic E-state index is -3.64. The average Bonchev–Trinajstić information content (AvgIpc) is 3.04. The van der Waals surface area contributed by atoms with E-state index in [9.17, 15) is 18.0 Å². The molecule has 0 fully saturated rings. The standard InChI is InChI=1S/C36H33NO6S/c1-2-42-36(39)27-14-16-31(17-15-27)37-35(38)25-30(29-13-12-26-8-6-7-9-28(26)24-29)22-23-44(40,41)34-20-18-33(19-21-34)43-32-10-4-3-5-11-32/h3-21,24,30H,2,22-23,25H2,1H3,(H,37,38). The summed E-state index contributed by atoms with van der Waals surface area (Å²) in [5, 5.41) is 4.96. The fraction of sp³-hybridized carbons (Fsp3) is 0.167. The number of benzene rings is 5. The number of para-hydroxylation sites is 1. The third kappa shape index (κ3) is 7.90. The van der Waals surface area contributed by atoms with E-state index >= 15 is 0 Å². The van der Waals surface area contributed by atoms with Crippen LogP contribution in [-0.4, -0.2) is 32.7 Å². The smallest absolute Gasteiger partial charge is 0.338 e. The van der Waals surface area contributed by atoms with Crippen LogP contribution in [0.3, 0.4) is 0 Å². The highest BCUT2D eigenvalue weighted by Crippen LogP contribution is 2.30. The van der Waals surface area contributed by atoms with Gasteiger partial charge in [0.2, 0.25) is 5.91 Å². The number of fused-ring (bicyclic) bond motifs is 1. The molecule has 5 aromatic carbocycles. The van der Waals surface area contributed by atoms with Crippen LogP contribution in [0.4, 0.5) is 5.69 Å². The lowest BCUT2D eigenvalue weighted by Crippen LogP contribution is -2.18. The molecule has 0 aliphatic rings. The first-order chi connectivity index (χ1) is 21.3. The molecule has 0 aliphatic heterocycles. The van der Waals surface area contributed by atoms with E-state index in [1.54, 1.807) is 55.5 Å². The number of anilines is 1. The Kier molecular flexibility index (Phi) is 9.72. The molecule has 1 unspecified atom stereocenters. The first kappa shape index (κ1) is 30.5. The average molecular weight is 608 g/mol. The quantitative estimate of drug-likeness (QED) is 0.145. The van der Waals surface area contributed by atoms with E-state index in [-0.39, 0.29) is 41.9 Å². The van der Waals surface area contributed by atoms with E-state index in [0.717, 1.165) is 16.3 Å². The molecule has 0 aliphatic carbocycles. The normalized spacial score (nSPS) is 11.9. The number of hydrogen-bond donors (Lipinski definition) is 1. The summed E-state index contributed by atoms with van der Waals surface area (Å²) in [6, 6.07) is 36.0. The summed E-state index contributed by atoms with van der Waals surface area (Å²) in [5.74, 6) is 0.0259. The lowest BCUT2D eigenvalue weighted by Gasteiger charge is -2.18. The Balaban J connectivity index is 1.30. The zero-order valence-electron chi connectivity index (χ0n) is 24.3. The van der Waals surface area contributed by atoms with Gasteiger partial charge >= 0.3 is 5.97 Å². The van der Waals surface area contributed by atoms with Crippen molar-refractivity contribution in [2.24, 2.45) is 0 Å². The van der Waals surface area contributed by atoms with Crippen molar-refractivity contribution < 1.29 is 27.5 Å². The predicted octanol–water partition coefficient (Wildman–Crippen LogP) is 7.79. The molecular formula is C36H33NO6S. The summed E-state index contributed by atoms with van der Waals surface area (Å²) in [6.07, 6.45) is 0.329. The summed E-state index contributed by atoms with van der Waals surface area (Å²) in [4.78, 5) is 25.3. The number of sulfone groups is 1. The van der Waals surface area contributed by atoms with Crippen molar-refractivity contribution in [2.45, 2.75) is 30.6 Å². The molecule has 0 radical (unpaired) electrons. The monoisotopic (exact) mass is 607 g/mol. The Bertz CT molecular complexity index is 1840. The van der Waals surface area contributed by atoms with Crippen molar-refractivity contribution in [3.8, 4) is 11.5 Å². The topological polar surface area (TPSA) is 98.8 Å². The molecule has 1 atom stereocenters. The van der Waals surface area contributed by atoms with Gasteiger partial charge in [-0.05, 0) is 96.3 Å². The molecule has 1 amide bonds. The first-order valence-electron chi connectivity index (χ1n) is 14.4. The number of esters is 1. The lowest BCUT2D eigenvalue weighted by molar-refractivity contribution is -0.116. The highest BCUT2D eigenvalue weighted by Gasteiger charge is 2.22. The molecule has 5 rings (SSSR count). The summed E-state index contributed by atoms with van der Waals surface area (Å²) in [5.41, 5.74) is 1.81. The molecule has 0 saturated heterocycles. The molecule has 224 valence electrons. The van der Waals surface area contributed by atoms with Crippen LogP contribution in [0.1, 0.15) is 41.6 Å². The highest BCUT2D eigenvalue weighted by molar-refractivity contribution is 7.91. The second-order valence-corrected chi connectivity index (χ2v) is 12.5. The van der Waals surface area contributed by atoms with Crippen molar-refractivity contribution >= 4 is 38.2 Å². The number of amides is 1. The molecule has 44 heavy (non-hydrogen) atoms. The molecular weight excluding hydrogens is 574 g/mol. The Morgan fingerprint density at radius 2 is 1.41 bits per heavy atom. The van der Waals surface area contributed by atoms with Gasteiger partial charge in [-0.1, -0.05) is 60.7 Å². The van der Waals surface area contributed by atoms with E-state index in [4.69, 9.17) is 9.47 Å². The van der Waals surface area contributed by atoms with E-state index in [1.807, 2.05) is 72.8 Å². The Morgan fingerprint density at radius 1 is 0.750 bits per heavy atom. The van der Waals surface area contributed by atoms with E-state index < -0.39 is 15.8 Å². The molecule has 7 nitrogen and oxygen atoms in total. The van der Waals surface area contributed by atoms with Gasteiger partial charge in [0.25, 0.3) is 0 Å². The number of carbonyl (C=O) groups is 2. The minimum Gasteiger partial charge on any atom is -0.462 e. The number of carbonyl (C=O) groups excluding carboxylic acids is 2. The van der Waals surface area contributed by atoms with Gasteiger partial charge in [0.05, 0.1) is 22.8 Å². The number of nitrogens with one attached hydrogen (secondary N) is 1. The molecule has 0 saturated carbocycles. The molecule has 0 spiro atoms. The fourth-order valence-electron chi connectivity index (χ4n) is 4.94. The van der Waals surface area contributed by atoms with Gasteiger partial charge in [-0.3, -0.25) is 4.79 Å². The van der Waals surface area contributed by atoms with E-state index in [2.05, 4.69) is 5.32 Å². The van der Waals surface area contributed by atoms with Crippen LogP contribution in [0.5, 0.6) is 11.5 Å². The Morgan fingerprint density at radius 3 is 2.11 bits per heavy atom. The van der Waals surface area contributed by atoms with Crippen LogP contribution in [-0.2, 0) is 19.4 Å².